The first-order chi connectivity index (χ1) is 7.94. The molecule has 1 amide bonds. The fourth-order valence-electron chi connectivity index (χ4n) is 1.64. The second-order valence-electron chi connectivity index (χ2n) is 4.21. The van der Waals surface area contributed by atoms with Crippen LogP contribution in [0, 0.1) is 12.8 Å². The molecule has 3 nitrogen and oxygen atoms in total. The van der Waals surface area contributed by atoms with E-state index in [4.69, 9.17) is 27.9 Å². The van der Waals surface area contributed by atoms with E-state index in [1.54, 1.807) is 7.11 Å². The molecule has 1 aromatic rings. The topological polar surface area (TPSA) is 38.3 Å². The molecule has 0 heterocycles. The van der Waals surface area contributed by atoms with Gasteiger partial charge in [0.1, 0.15) is 10.1 Å². The molecule has 1 saturated carbocycles. The lowest BCUT2D eigenvalue weighted by Crippen LogP contribution is -2.17. The number of hydrogen-bond acceptors (Lipinski definition) is 2. The standard InChI is InChI=1S/C12H13Cl2NO2/c1-7-3-4-10(17-2)9(5-7)15-11(16)8-6-12(8,13)14/h3-5,8H,6H2,1-2H3,(H,15,16). The van der Waals surface area contributed by atoms with E-state index in [0.29, 0.717) is 17.9 Å². The predicted octanol–water partition coefficient (Wildman–Crippen LogP) is 3.14. The van der Waals surface area contributed by atoms with Crippen molar-refractivity contribution in [2.24, 2.45) is 5.92 Å². The zero-order valence-electron chi connectivity index (χ0n) is 9.59. The lowest BCUT2D eigenvalue weighted by molar-refractivity contribution is -0.117. The summed E-state index contributed by atoms with van der Waals surface area (Å²) in [6, 6.07) is 5.58. The molecule has 92 valence electrons. The molecule has 1 aliphatic carbocycles. The van der Waals surface area contributed by atoms with Crippen LogP contribution in [-0.4, -0.2) is 17.4 Å². The normalized spacial score (nSPS) is 20.8. The molecule has 0 aliphatic heterocycles. The summed E-state index contributed by atoms with van der Waals surface area (Å²) in [5.41, 5.74) is 1.69. The number of rotatable bonds is 3. The molecule has 5 heteroatoms. The van der Waals surface area contributed by atoms with Crippen molar-refractivity contribution >= 4 is 34.8 Å². The Kier molecular flexibility index (Phi) is 3.23. The Morgan fingerprint density at radius 1 is 1.53 bits per heavy atom. The molecule has 1 N–H and O–H groups in total. The van der Waals surface area contributed by atoms with Gasteiger partial charge in [-0.2, -0.15) is 0 Å². The van der Waals surface area contributed by atoms with Crippen molar-refractivity contribution in [2.45, 2.75) is 17.7 Å². The number of amides is 1. The molecule has 0 aromatic heterocycles. The van der Waals surface area contributed by atoms with E-state index in [1.165, 1.54) is 0 Å². The fourth-order valence-corrected chi connectivity index (χ4v) is 2.14. The zero-order chi connectivity index (χ0) is 12.6. The summed E-state index contributed by atoms with van der Waals surface area (Å²) in [4.78, 5) is 11.8. The minimum absolute atomic E-state index is 0.168. The molecule has 0 saturated heterocycles. The number of anilines is 1. The van der Waals surface area contributed by atoms with E-state index in [-0.39, 0.29) is 11.8 Å². The first-order valence-corrected chi connectivity index (χ1v) is 6.03. The van der Waals surface area contributed by atoms with E-state index < -0.39 is 4.33 Å². The van der Waals surface area contributed by atoms with Gasteiger partial charge in [0.2, 0.25) is 5.91 Å². The highest BCUT2D eigenvalue weighted by molar-refractivity contribution is 6.52. The van der Waals surface area contributed by atoms with Crippen LogP contribution < -0.4 is 10.1 Å². The van der Waals surface area contributed by atoms with Crippen LogP contribution in [0.3, 0.4) is 0 Å². The Balaban J connectivity index is 2.13. The van der Waals surface area contributed by atoms with E-state index in [9.17, 15) is 4.79 Å². The number of hydrogen-bond donors (Lipinski definition) is 1. The molecule has 0 spiro atoms. The van der Waals surface area contributed by atoms with Crippen molar-refractivity contribution in [1.29, 1.82) is 0 Å². The van der Waals surface area contributed by atoms with Crippen molar-refractivity contribution in [3.05, 3.63) is 23.8 Å². The number of ether oxygens (including phenoxy) is 1. The zero-order valence-corrected chi connectivity index (χ0v) is 11.1. The summed E-state index contributed by atoms with van der Waals surface area (Å²) >= 11 is 11.7. The van der Waals surface area contributed by atoms with Gasteiger partial charge in [0, 0.05) is 0 Å². The van der Waals surface area contributed by atoms with Crippen molar-refractivity contribution in [1.82, 2.24) is 0 Å². The van der Waals surface area contributed by atoms with Gasteiger partial charge in [0.25, 0.3) is 0 Å². The average Bonchev–Trinajstić information content (AvgIpc) is 2.88. The van der Waals surface area contributed by atoms with E-state index >= 15 is 0 Å². The Morgan fingerprint density at radius 3 is 2.71 bits per heavy atom. The maximum Gasteiger partial charge on any atom is 0.230 e. The average molecular weight is 274 g/mol. The van der Waals surface area contributed by atoms with Crippen molar-refractivity contribution in [3.63, 3.8) is 0 Å². The van der Waals surface area contributed by atoms with Crippen LogP contribution >= 0.6 is 23.2 Å². The van der Waals surface area contributed by atoms with Gasteiger partial charge in [-0.1, -0.05) is 6.07 Å². The highest BCUT2D eigenvalue weighted by Crippen LogP contribution is 2.53. The lowest BCUT2D eigenvalue weighted by atomic mass is 10.2. The number of methoxy groups -OCH3 is 1. The minimum Gasteiger partial charge on any atom is -0.495 e. The molecule has 1 atom stereocenters. The molecule has 1 unspecified atom stereocenters. The van der Waals surface area contributed by atoms with Gasteiger partial charge < -0.3 is 10.1 Å². The molecule has 1 aromatic carbocycles. The summed E-state index contributed by atoms with van der Waals surface area (Å²) in [5.74, 6) is 0.120. The first-order valence-electron chi connectivity index (χ1n) is 5.27. The summed E-state index contributed by atoms with van der Waals surface area (Å²) in [5, 5.41) is 2.79. The van der Waals surface area contributed by atoms with Crippen LogP contribution in [0.1, 0.15) is 12.0 Å². The lowest BCUT2D eigenvalue weighted by Gasteiger charge is -2.11. The molecule has 2 rings (SSSR count). The van der Waals surface area contributed by atoms with Gasteiger partial charge in [-0.25, -0.2) is 0 Å². The number of nitrogens with one attached hydrogen (secondary N) is 1. The summed E-state index contributed by atoms with van der Waals surface area (Å²) in [6.45, 7) is 1.94. The van der Waals surface area contributed by atoms with Gasteiger partial charge in [-0.3, -0.25) is 4.79 Å². The number of carbonyl (C=O) groups excluding carboxylic acids is 1. The second-order valence-corrected chi connectivity index (χ2v) is 5.75. The molecule has 1 aliphatic rings. The summed E-state index contributed by atoms with van der Waals surface area (Å²) < 4.78 is 4.27. The highest BCUT2D eigenvalue weighted by Gasteiger charge is 2.56. The Hall–Kier alpha value is -0.930. The number of aryl methyl sites for hydroxylation is 1. The molecular formula is C12H13Cl2NO2. The van der Waals surface area contributed by atoms with Gasteiger partial charge in [-0.15, -0.1) is 23.2 Å². The number of benzene rings is 1. The fraction of sp³-hybridized carbons (Fsp3) is 0.417. The molecule has 17 heavy (non-hydrogen) atoms. The number of alkyl halides is 2. The van der Waals surface area contributed by atoms with Crippen LogP contribution in [0.25, 0.3) is 0 Å². The molecule has 1 fully saturated rings. The van der Waals surface area contributed by atoms with Crippen LogP contribution in [-0.2, 0) is 4.79 Å². The van der Waals surface area contributed by atoms with Crippen molar-refractivity contribution in [2.75, 3.05) is 12.4 Å². The van der Waals surface area contributed by atoms with Gasteiger partial charge >= 0.3 is 0 Å². The van der Waals surface area contributed by atoms with Crippen LogP contribution in [0.15, 0.2) is 18.2 Å². The van der Waals surface area contributed by atoms with Crippen LogP contribution in [0.4, 0.5) is 5.69 Å². The number of carbonyl (C=O) groups is 1. The quantitative estimate of drug-likeness (QED) is 0.860. The smallest absolute Gasteiger partial charge is 0.230 e. The Morgan fingerprint density at radius 2 is 2.18 bits per heavy atom. The van der Waals surface area contributed by atoms with Crippen LogP contribution in [0.2, 0.25) is 0 Å². The first kappa shape index (κ1) is 12.5. The molecular weight excluding hydrogens is 261 g/mol. The Labute approximate surface area is 110 Å². The largest absolute Gasteiger partial charge is 0.495 e. The van der Waals surface area contributed by atoms with Gasteiger partial charge in [-0.05, 0) is 31.0 Å². The van der Waals surface area contributed by atoms with E-state index in [2.05, 4.69) is 5.32 Å². The second kappa shape index (κ2) is 4.39. The predicted molar refractivity (Wildman–Crippen MR) is 68.9 cm³/mol. The van der Waals surface area contributed by atoms with Crippen molar-refractivity contribution < 1.29 is 9.53 Å². The SMILES string of the molecule is COc1ccc(C)cc1NC(=O)C1CC1(Cl)Cl. The van der Waals surface area contributed by atoms with Gasteiger partial charge in [0.05, 0.1) is 18.7 Å². The van der Waals surface area contributed by atoms with Crippen molar-refractivity contribution in [3.8, 4) is 5.75 Å². The summed E-state index contributed by atoms with van der Waals surface area (Å²) in [6.07, 6.45) is 0.496. The minimum atomic E-state index is -0.902. The van der Waals surface area contributed by atoms with E-state index in [1.807, 2.05) is 25.1 Å². The number of halogens is 2. The summed E-state index contributed by atoms with van der Waals surface area (Å²) in [7, 11) is 1.56. The maximum atomic E-state index is 11.8. The third-order valence-electron chi connectivity index (χ3n) is 2.76. The maximum absolute atomic E-state index is 11.8. The molecule has 0 radical (unpaired) electrons. The third kappa shape index (κ3) is 2.67. The third-order valence-corrected chi connectivity index (χ3v) is 3.59. The Bertz CT molecular complexity index is 460. The molecule has 0 bridgehead atoms. The van der Waals surface area contributed by atoms with Crippen LogP contribution in [0.5, 0.6) is 5.75 Å². The van der Waals surface area contributed by atoms with E-state index in [0.717, 1.165) is 5.56 Å². The highest BCUT2D eigenvalue weighted by atomic mass is 35.5. The monoisotopic (exact) mass is 273 g/mol. The van der Waals surface area contributed by atoms with Gasteiger partial charge in [0.15, 0.2) is 0 Å².